The van der Waals surface area contributed by atoms with Crippen LogP contribution in [0.1, 0.15) is 5.56 Å². The van der Waals surface area contributed by atoms with Crippen LogP contribution in [0.3, 0.4) is 0 Å². The molecule has 1 aromatic heterocycles. The standard InChI is InChI=1S/C20H16NO5/c1-22-16-7-19-20(26-10-25-19)14-8-21-3-2-11-4-17-18(24-9-23-17)6-12(11)15(21)5-13(14)16/h4-8H,2-3,9-10H2,1H3/q+1. The van der Waals surface area contributed by atoms with E-state index in [1.165, 1.54) is 11.1 Å². The zero-order chi connectivity index (χ0) is 17.3. The number of aryl methyl sites for hydroxylation is 2. The van der Waals surface area contributed by atoms with Gasteiger partial charge in [0.15, 0.2) is 35.7 Å². The molecule has 3 aromatic rings. The maximum Gasteiger partial charge on any atom is 0.231 e. The van der Waals surface area contributed by atoms with Crippen molar-refractivity contribution in [1.82, 2.24) is 0 Å². The molecule has 4 heterocycles. The molecular formula is C20H16NO5+. The van der Waals surface area contributed by atoms with Crippen LogP contribution in [-0.4, -0.2) is 20.7 Å². The number of hydrogen-bond donors (Lipinski definition) is 0. The molecule has 0 fully saturated rings. The second kappa shape index (κ2) is 4.94. The minimum absolute atomic E-state index is 0.242. The molecule has 6 nitrogen and oxygen atoms in total. The smallest absolute Gasteiger partial charge is 0.231 e. The van der Waals surface area contributed by atoms with Crippen LogP contribution >= 0.6 is 0 Å². The predicted molar refractivity (Wildman–Crippen MR) is 92.1 cm³/mol. The van der Waals surface area contributed by atoms with Crippen molar-refractivity contribution in [2.24, 2.45) is 0 Å². The lowest BCUT2D eigenvalue weighted by atomic mass is 9.95. The van der Waals surface area contributed by atoms with Crippen molar-refractivity contribution in [3.05, 3.63) is 36.0 Å². The Labute approximate surface area is 149 Å². The molecule has 0 radical (unpaired) electrons. The van der Waals surface area contributed by atoms with Crippen LogP contribution in [0.2, 0.25) is 0 Å². The summed E-state index contributed by atoms with van der Waals surface area (Å²) in [4.78, 5) is 0. The van der Waals surface area contributed by atoms with Gasteiger partial charge < -0.3 is 23.7 Å². The number of ether oxygens (including phenoxy) is 5. The van der Waals surface area contributed by atoms with Gasteiger partial charge in [0.05, 0.1) is 18.1 Å². The van der Waals surface area contributed by atoms with Gasteiger partial charge in [-0.05, 0) is 17.7 Å². The summed E-state index contributed by atoms with van der Waals surface area (Å²) < 4.78 is 30.2. The fourth-order valence-electron chi connectivity index (χ4n) is 4.04. The molecule has 0 atom stereocenters. The first-order valence-corrected chi connectivity index (χ1v) is 8.58. The van der Waals surface area contributed by atoms with E-state index in [1.807, 2.05) is 6.07 Å². The van der Waals surface area contributed by atoms with E-state index in [0.717, 1.165) is 58.2 Å². The van der Waals surface area contributed by atoms with Crippen molar-refractivity contribution in [3.8, 4) is 40.0 Å². The Kier molecular flexibility index (Phi) is 2.67. The normalized spacial score (nSPS) is 15.7. The average molecular weight is 350 g/mol. The third kappa shape index (κ3) is 1.78. The Bertz CT molecular complexity index is 1090. The minimum Gasteiger partial charge on any atom is -0.496 e. The first-order valence-electron chi connectivity index (χ1n) is 8.58. The molecule has 0 aliphatic carbocycles. The monoisotopic (exact) mass is 350 g/mol. The van der Waals surface area contributed by atoms with Gasteiger partial charge in [-0.3, -0.25) is 0 Å². The second-order valence-corrected chi connectivity index (χ2v) is 6.60. The third-order valence-electron chi connectivity index (χ3n) is 5.30. The van der Waals surface area contributed by atoms with Crippen molar-refractivity contribution in [3.63, 3.8) is 0 Å². The van der Waals surface area contributed by atoms with E-state index in [4.69, 9.17) is 23.7 Å². The Morgan fingerprint density at radius 1 is 0.885 bits per heavy atom. The van der Waals surface area contributed by atoms with Gasteiger partial charge in [-0.2, -0.15) is 4.57 Å². The molecule has 0 saturated carbocycles. The lowest BCUT2D eigenvalue weighted by molar-refractivity contribution is -0.686. The molecule has 6 rings (SSSR count). The quantitative estimate of drug-likeness (QED) is 0.632. The van der Waals surface area contributed by atoms with Crippen molar-refractivity contribution in [2.45, 2.75) is 13.0 Å². The van der Waals surface area contributed by atoms with Crippen LogP contribution in [0.4, 0.5) is 0 Å². The molecular weight excluding hydrogens is 334 g/mol. The zero-order valence-electron chi connectivity index (χ0n) is 14.2. The summed E-state index contributed by atoms with van der Waals surface area (Å²) in [6.45, 7) is 1.42. The van der Waals surface area contributed by atoms with E-state index in [1.54, 1.807) is 7.11 Å². The van der Waals surface area contributed by atoms with Gasteiger partial charge in [0, 0.05) is 23.9 Å². The average Bonchev–Trinajstić information content (AvgIpc) is 3.32. The topological polar surface area (TPSA) is 50.0 Å². The van der Waals surface area contributed by atoms with Gasteiger partial charge in [-0.15, -0.1) is 0 Å². The summed E-state index contributed by atoms with van der Waals surface area (Å²) in [7, 11) is 1.68. The van der Waals surface area contributed by atoms with Gasteiger partial charge in [-0.1, -0.05) is 0 Å². The summed E-state index contributed by atoms with van der Waals surface area (Å²) >= 11 is 0. The van der Waals surface area contributed by atoms with Gasteiger partial charge in [-0.25, -0.2) is 0 Å². The highest BCUT2D eigenvalue weighted by Gasteiger charge is 2.30. The fourth-order valence-corrected chi connectivity index (χ4v) is 4.04. The van der Waals surface area contributed by atoms with E-state index in [9.17, 15) is 0 Å². The molecule has 0 amide bonds. The van der Waals surface area contributed by atoms with Gasteiger partial charge in [0.25, 0.3) is 0 Å². The van der Waals surface area contributed by atoms with Crippen LogP contribution in [0.25, 0.3) is 22.0 Å². The van der Waals surface area contributed by atoms with Crippen molar-refractivity contribution in [1.29, 1.82) is 0 Å². The second-order valence-electron chi connectivity index (χ2n) is 6.60. The van der Waals surface area contributed by atoms with Gasteiger partial charge >= 0.3 is 0 Å². The maximum atomic E-state index is 5.70. The summed E-state index contributed by atoms with van der Waals surface area (Å²) in [5, 5.41) is 2.01. The van der Waals surface area contributed by atoms with E-state index in [0.29, 0.717) is 0 Å². The Balaban J connectivity index is 1.64. The summed E-state index contributed by atoms with van der Waals surface area (Å²) in [5.74, 6) is 3.93. The van der Waals surface area contributed by atoms with E-state index in [-0.39, 0.29) is 13.6 Å². The van der Waals surface area contributed by atoms with Crippen LogP contribution < -0.4 is 28.3 Å². The number of fused-ring (bicyclic) bond motifs is 7. The SMILES string of the molecule is COc1cc2c(c3c[n+]4c(cc13)-c1cc3c(cc1CC4)OCO3)OCO2. The molecule has 0 spiro atoms. The fraction of sp³-hybridized carbons (Fsp3) is 0.250. The van der Waals surface area contributed by atoms with Crippen molar-refractivity contribution in [2.75, 3.05) is 20.7 Å². The number of hydrogen-bond acceptors (Lipinski definition) is 5. The lowest BCUT2D eigenvalue weighted by Gasteiger charge is -2.17. The highest BCUT2D eigenvalue weighted by atomic mass is 16.7. The maximum absolute atomic E-state index is 5.70. The van der Waals surface area contributed by atoms with E-state index < -0.39 is 0 Å². The largest absolute Gasteiger partial charge is 0.496 e. The van der Waals surface area contributed by atoms with Crippen molar-refractivity contribution >= 4 is 10.8 Å². The molecule has 3 aliphatic heterocycles. The number of benzene rings is 2. The Morgan fingerprint density at radius 2 is 1.69 bits per heavy atom. The number of rotatable bonds is 1. The number of nitrogens with zero attached hydrogens (tertiary/aromatic N) is 1. The molecule has 0 saturated heterocycles. The highest BCUT2D eigenvalue weighted by molar-refractivity contribution is 5.96. The first kappa shape index (κ1) is 14.1. The molecule has 0 N–H and O–H groups in total. The zero-order valence-corrected chi connectivity index (χ0v) is 14.2. The number of pyridine rings is 1. The Morgan fingerprint density at radius 3 is 2.58 bits per heavy atom. The van der Waals surface area contributed by atoms with Crippen LogP contribution in [0, 0.1) is 0 Å². The molecule has 3 aliphatic rings. The van der Waals surface area contributed by atoms with E-state index >= 15 is 0 Å². The van der Waals surface area contributed by atoms with Crippen LogP contribution in [0.5, 0.6) is 28.7 Å². The molecule has 2 aromatic carbocycles. The summed E-state index contributed by atoms with van der Waals surface area (Å²) in [6, 6.07) is 8.23. The van der Waals surface area contributed by atoms with E-state index in [2.05, 4.69) is 29.0 Å². The molecule has 0 bridgehead atoms. The molecule has 6 heteroatoms. The number of methoxy groups -OCH3 is 1. The van der Waals surface area contributed by atoms with Crippen LogP contribution in [0.15, 0.2) is 30.5 Å². The molecule has 26 heavy (non-hydrogen) atoms. The highest BCUT2D eigenvalue weighted by Crippen LogP contribution is 2.46. The number of aromatic nitrogens is 1. The van der Waals surface area contributed by atoms with Crippen molar-refractivity contribution < 1.29 is 28.3 Å². The predicted octanol–water partition coefficient (Wildman–Crippen LogP) is 2.82. The van der Waals surface area contributed by atoms with Gasteiger partial charge in [0.1, 0.15) is 5.75 Å². The summed E-state index contributed by atoms with van der Waals surface area (Å²) in [5.41, 5.74) is 3.57. The third-order valence-corrected chi connectivity index (χ3v) is 5.30. The lowest BCUT2D eigenvalue weighted by Crippen LogP contribution is -2.40. The Hall–Kier alpha value is -3.15. The first-order chi connectivity index (χ1) is 12.8. The molecule has 130 valence electrons. The van der Waals surface area contributed by atoms with Crippen LogP contribution in [-0.2, 0) is 13.0 Å². The molecule has 0 unspecified atom stereocenters. The summed E-state index contributed by atoms with van der Waals surface area (Å²) in [6.07, 6.45) is 3.08. The van der Waals surface area contributed by atoms with Gasteiger partial charge in [0.2, 0.25) is 19.3 Å². The minimum atomic E-state index is 0.242.